The molecular weight excluding hydrogens is 464 g/mol. The van der Waals surface area contributed by atoms with E-state index < -0.39 is 17.9 Å². The quantitative estimate of drug-likeness (QED) is 0.508. The summed E-state index contributed by atoms with van der Waals surface area (Å²) in [4.78, 5) is 56.1. The van der Waals surface area contributed by atoms with Gasteiger partial charge >= 0.3 is 0 Å². The molecule has 11 heteroatoms. The van der Waals surface area contributed by atoms with Crippen molar-refractivity contribution in [2.75, 3.05) is 13.2 Å². The second-order valence-corrected chi connectivity index (χ2v) is 9.90. The summed E-state index contributed by atoms with van der Waals surface area (Å²) in [6.07, 6.45) is 1.78. The van der Waals surface area contributed by atoms with Gasteiger partial charge in [-0.3, -0.25) is 19.2 Å². The molecule has 1 aromatic carbocycles. The molecule has 3 amide bonds. The molecule has 0 spiro atoms. The second-order valence-electron chi connectivity index (χ2n) is 9.90. The number of amides is 3. The number of rotatable bonds is 5. The first-order valence-corrected chi connectivity index (χ1v) is 11.6. The van der Waals surface area contributed by atoms with Gasteiger partial charge in [0.2, 0.25) is 5.91 Å². The van der Waals surface area contributed by atoms with Gasteiger partial charge in [-0.2, -0.15) is 5.10 Å². The third-order valence-electron chi connectivity index (χ3n) is 6.22. The number of β-lactam (4-membered cyclic amide) rings is 1. The Bertz CT molecular complexity index is 1410. The summed E-state index contributed by atoms with van der Waals surface area (Å²) in [5.74, 6) is -0.481. The molecule has 3 aromatic rings. The van der Waals surface area contributed by atoms with Gasteiger partial charge in [0.25, 0.3) is 11.8 Å². The molecule has 0 unspecified atom stereocenters. The fraction of sp³-hybridized carbons (Fsp3) is 0.360. The van der Waals surface area contributed by atoms with Gasteiger partial charge in [0.1, 0.15) is 29.8 Å². The number of benzene rings is 1. The van der Waals surface area contributed by atoms with Gasteiger partial charge in [-0.05, 0) is 38.5 Å². The topological polar surface area (TPSA) is 135 Å². The number of ketones is 1. The first-order valence-electron chi connectivity index (χ1n) is 11.6. The standard InChI is InChI=1S/C25H26N6O5/c1-25(2,3)30-12-18(24(30)35)29-23(34)19-10-17(28-21-6-7-27-31(19)21)22(33)26-11-14-4-5-20-15(8-14)9-16(32)13-36-20/h4-8,10,18H,9,11-13H2,1-3H3,(H,26,33)(H,29,34)/t18-/m0/s1. The highest BCUT2D eigenvalue weighted by Crippen LogP contribution is 2.25. The molecule has 11 nitrogen and oxygen atoms in total. The van der Waals surface area contributed by atoms with Gasteiger partial charge in [0.15, 0.2) is 11.4 Å². The van der Waals surface area contributed by atoms with Crippen LogP contribution in [0, 0.1) is 0 Å². The molecule has 36 heavy (non-hydrogen) atoms. The maximum atomic E-state index is 13.0. The van der Waals surface area contributed by atoms with Crippen LogP contribution in [-0.4, -0.2) is 67.7 Å². The van der Waals surface area contributed by atoms with Crippen LogP contribution in [0.15, 0.2) is 36.5 Å². The van der Waals surface area contributed by atoms with Gasteiger partial charge in [-0.25, -0.2) is 9.50 Å². The molecule has 0 radical (unpaired) electrons. The number of hydrogen-bond donors (Lipinski definition) is 2. The molecule has 2 aliphatic rings. The van der Waals surface area contributed by atoms with E-state index in [1.807, 2.05) is 32.9 Å². The van der Waals surface area contributed by atoms with Crippen molar-refractivity contribution in [2.24, 2.45) is 0 Å². The van der Waals surface area contributed by atoms with Gasteiger partial charge in [0.05, 0.1) is 12.7 Å². The summed E-state index contributed by atoms with van der Waals surface area (Å²) in [6, 6.07) is 7.74. The normalized spacial score (nSPS) is 17.3. The lowest BCUT2D eigenvalue weighted by Gasteiger charge is -2.47. The number of hydrogen-bond acceptors (Lipinski definition) is 7. The van der Waals surface area contributed by atoms with E-state index in [2.05, 4.69) is 20.7 Å². The lowest BCUT2D eigenvalue weighted by molar-refractivity contribution is -0.150. The zero-order valence-corrected chi connectivity index (χ0v) is 20.2. The summed E-state index contributed by atoms with van der Waals surface area (Å²) in [6.45, 7) is 6.48. The van der Waals surface area contributed by atoms with Crippen LogP contribution in [0.2, 0.25) is 0 Å². The van der Waals surface area contributed by atoms with E-state index in [0.29, 0.717) is 24.4 Å². The van der Waals surface area contributed by atoms with Crippen LogP contribution in [0.5, 0.6) is 5.75 Å². The average molecular weight is 491 g/mol. The van der Waals surface area contributed by atoms with Crippen LogP contribution >= 0.6 is 0 Å². The van der Waals surface area contributed by atoms with Crippen molar-refractivity contribution in [1.82, 2.24) is 30.1 Å². The largest absolute Gasteiger partial charge is 0.486 e. The Morgan fingerprint density at radius 2 is 1.94 bits per heavy atom. The first-order chi connectivity index (χ1) is 17.1. The van der Waals surface area contributed by atoms with Gasteiger partial charge in [-0.1, -0.05) is 6.07 Å². The summed E-state index contributed by atoms with van der Waals surface area (Å²) < 4.78 is 6.74. The molecule has 0 bridgehead atoms. The highest BCUT2D eigenvalue weighted by atomic mass is 16.5. The summed E-state index contributed by atoms with van der Waals surface area (Å²) in [5.41, 5.74) is 1.73. The average Bonchev–Trinajstić information content (AvgIpc) is 3.31. The van der Waals surface area contributed by atoms with Crippen molar-refractivity contribution in [3.05, 3.63) is 59.0 Å². The fourth-order valence-electron chi connectivity index (χ4n) is 4.28. The number of nitrogens with one attached hydrogen (secondary N) is 2. The van der Waals surface area contributed by atoms with Crippen LogP contribution in [0.25, 0.3) is 5.65 Å². The highest BCUT2D eigenvalue weighted by molar-refractivity contribution is 6.01. The van der Waals surface area contributed by atoms with E-state index in [9.17, 15) is 19.2 Å². The summed E-state index contributed by atoms with van der Waals surface area (Å²) >= 11 is 0. The zero-order valence-electron chi connectivity index (χ0n) is 20.2. The summed E-state index contributed by atoms with van der Waals surface area (Å²) in [7, 11) is 0. The Kier molecular flexibility index (Phi) is 5.70. The van der Waals surface area contributed by atoms with Gasteiger partial charge in [-0.15, -0.1) is 0 Å². The smallest absolute Gasteiger partial charge is 0.270 e. The Labute approximate surface area is 206 Å². The molecule has 1 atom stereocenters. The van der Waals surface area contributed by atoms with Crippen molar-refractivity contribution in [1.29, 1.82) is 0 Å². The SMILES string of the molecule is CC(C)(C)N1C[C@H](NC(=O)c2cc(C(=O)NCc3ccc4c(c3)CC(=O)CO4)nc3ccnn23)C1=O. The molecule has 4 heterocycles. The predicted molar refractivity (Wildman–Crippen MR) is 128 cm³/mol. The van der Waals surface area contributed by atoms with E-state index in [1.54, 1.807) is 17.0 Å². The molecule has 2 aliphatic heterocycles. The van der Waals surface area contributed by atoms with Crippen molar-refractivity contribution >= 4 is 29.2 Å². The second kappa shape index (κ2) is 8.74. The molecule has 1 fully saturated rings. The van der Waals surface area contributed by atoms with Gasteiger partial charge < -0.3 is 20.3 Å². The number of likely N-dealkylation sites (tertiary alicyclic amines) is 1. The lowest BCUT2D eigenvalue weighted by atomic mass is 9.96. The predicted octanol–water partition coefficient (Wildman–Crippen LogP) is 0.902. The molecule has 186 valence electrons. The Balaban J connectivity index is 1.30. The van der Waals surface area contributed by atoms with Gasteiger partial charge in [0, 0.05) is 36.2 Å². The number of carbonyl (C=O) groups excluding carboxylic acids is 4. The van der Waals surface area contributed by atoms with Crippen LogP contribution in [-0.2, 0) is 22.6 Å². The number of Topliss-reactive ketones (excluding diaryl/α,β-unsaturated/α-hetero) is 1. The number of aromatic nitrogens is 3. The molecule has 1 saturated heterocycles. The third-order valence-corrected chi connectivity index (χ3v) is 6.22. The Morgan fingerprint density at radius 3 is 2.69 bits per heavy atom. The monoisotopic (exact) mass is 490 g/mol. The maximum Gasteiger partial charge on any atom is 0.270 e. The van der Waals surface area contributed by atoms with Crippen LogP contribution in [0.3, 0.4) is 0 Å². The number of ether oxygens (including phenoxy) is 1. The maximum absolute atomic E-state index is 13.0. The highest BCUT2D eigenvalue weighted by Gasteiger charge is 2.43. The Hall–Kier alpha value is -4.28. The van der Waals surface area contributed by atoms with Crippen LogP contribution in [0.1, 0.15) is 52.9 Å². The minimum Gasteiger partial charge on any atom is -0.486 e. The molecule has 0 saturated carbocycles. The fourth-order valence-corrected chi connectivity index (χ4v) is 4.28. The minimum atomic E-state index is -0.632. The number of nitrogens with zero attached hydrogens (tertiary/aromatic N) is 4. The first kappa shape index (κ1) is 23.5. The number of fused-ring (bicyclic) bond motifs is 2. The van der Waals surface area contributed by atoms with E-state index in [-0.39, 0.29) is 41.8 Å². The Morgan fingerprint density at radius 1 is 1.14 bits per heavy atom. The van der Waals surface area contributed by atoms with Crippen LogP contribution in [0.4, 0.5) is 0 Å². The zero-order chi connectivity index (χ0) is 25.6. The number of carbonyl (C=O) groups is 4. The van der Waals surface area contributed by atoms with E-state index in [0.717, 1.165) is 11.1 Å². The molecule has 0 aliphatic carbocycles. The molecule has 2 aromatic heterocycles. The third kappa shape index (κ3) is 4.39. The van der Waals surface area contributed by atoms with E-state index in [1.165, 1.54) is 16.8 Å². The lowest BCUT2D eigenvalue weighted by Crippen LogP contribution is -2.68. The molecule has 5 rings (SSSR count). The molecular formula is C25H26N6O5. The van der Waals surface area contributed by atoms with Crippen molar-refractivity contribution < 1.29 is 23.9 Å². The van der Waals surface area contributed by atoms with E-state index in [4.69, 9.17) is 4.74 Å². The van der Waals surface area contributed by atoms with Crippen LogP contribution < -0.4 is 15.4 Å². The summed E-state index contributed by atoms with van der Waals surface area (Å²) in [5, 5.41) is 9.66. The molecule has 2 N–H and O–H groups in total. The van der Waals surface area contributed by atoms with Crippen molar-refractivity contribution in [2.45, 2.75) is 45.3 Å². The van der Waals surface area contributed by atoms with E-state index >= 15 is 0 Å². The van der Waals surface area contributed by atoms with Crippen molar-refractivity contribution in [3.8, 4) is 5.75 Å². The minimum absolute atomic E-state index is 0.00233. The van der Waals surface area contributed by atoms with Crippen molar-refractivity contribution in [3.63, 3.8) is 0 Å².